The van der Waals surface area contributed by atoms with E-state index in [0.717, 1.165) is 24.2 Å². The summed E-state index contributed by atoms with van der Waals surface area (Å²) >= 11 is 0. The maximum Gasteiger partial charge on any atom is 0.247 e. The fourth-order valence-electron chi connectivity index (χ4n) is 1.63. The molecule has 2 N–H and O–H groups in total. The molecule has 1 aromatic heterocycles. The summed E-state index contributed by atoms with van der Waals surface area (Å²) in [4.78, 5) is 15.9. The van der Waals surface area contributed by atoms with Crippen molar-refractivity contribution in [3.63, 3.8) is 0 Å². The summed E-state index contributed by atoms with van der Waals surface area (Å²) in [5.74, 6) is 0.561. The molecule has 1 fully saturated rings. The van der Waals surface area contributed by atoms with Crippen LogP contribution >= 0.6 is 0 Å². The molecule has 5 heteroatoms. The van der Waals surface area contributed by atoms with Crippen LogP contribution in [-0.4, -0.2) is 31.1 Å². The molecular formula is C13H17N3O2. The van der Waals surface area contributed by atoms with Gasteiger partial charge in [-0.05, 0) is 18.1 Å². The van der Waals surface area contributed by atoms with E-state index in [1.807, 2.05) is 13.0 Å². The Morgan fingerprint density at radius 1 is 1.50 bits per heavy atom. The standard InChI is InChI=1S/C13H17N3O2/c1-9(11-7-14-8-11)13(17)16-6-10-3-4-12(18-2)15-5-10/h3-5,14H,6-8H2,1-2H3,(H,16,17). The van der Waals surface area contributed by atoms with Gasteiger partial charge in [0, 0.05) is 37.5 Å². The minimum absolute atomic E-state index is 0.0117. The summed E-state index contributed by atoms with van der Waals surface area (Å²) in [5, 5.41) is 6.00. The van der Waals surface area contributed by atoms with Gasteiger partial charge in [-0.15, -0.1) is 0 Å². The average Bonchev–Trinajstić information content (AvgIpc) is 2.34. The number of hydrogen-bond acceptors (Lipinski definition) is 4. The zero-order chi connectivity index (χ0) is 13.0. The Labute approximate surface area is 106 Å². The molecule has 1 aliphatic heterocycles. The van der Waals surface area contributed by atoms with Crippen LogP contribution in [0, 0.1) is 0 Å². The van der Waals surface area contributed by atoms with Crippen molar-refractivity contribution < 1.29 is 9.53 Å². The first kappa shape index (κ1) is 12.6. The van der Waals surface area contributed by atoms with E-state index in [9.17, 15) is 4.79 Å². The number of methoxy groups -OCH3 is 1. The molecule has 0 radical (unpaired) electrons. The minimum atomic E-state index is -0.0117. The second-order valence-corrected chi connectivity index (χ2v) is 4.22. The largest absolute Gasteiger partial charge is 0.481 e. The van der Waals surface area contributed by atoms with Crippen LogP contribution in [0.3, 0.4) is 0 Å². The van der Waals surface area contributed by atoms with Gasteiger partial charge in [0.25, 0.3) is 0 Å². The lowest BCUT2D eigenvalue weighted by Crippen LogP contribution is -2.37. The topological polar surface area (TPSA) is 63.2 Å². The Morgan fingerprint density at radius 3 is 2.78 bits per heavy atom. The second kappa shape index (κ2) is 5.64. The van der Waals surface area contributed by atoms with E-state index in [2.05, 4.69) is 15.6 Å². The van der Waals surface area contributed by atoms with Crippen molar-refractivity contribution >= 4 is 5.91 Å². The number of nitrogens with one attached hydrogen (secondary N) is 2. The van der Waals surface area contributed by atoms with Crippen molar-refractivity contribution in [3.8, 4) is 5.88 Å². The van der Waals surface area contributed by atoms with E-state index in [1.165, 1.54) is 5.57 Å². The van der Waals surface area contributed by atoms with Crippen LogP contribution in [0.5, 0.6) is 5.88 Å². The van der Waals surface area contributed by atoms with E-state index >= 15 is 0 Å². The Kier molecular flexibility index (Phi) is 3.94. The van der Waals surface area contributed by atoms with Gasteiger partial charge in [-0.25, -0.2) is 4.98 Å². The van der Waals surface area contributed by atoms with Crippen LogP contribution in [0.25, 0.3) is 0 Å². The fraction of sp³-hybridized carbons (Fsp3) is 0.385. The van der Waals surface area contributed by atoms with E-state index in [0.29, 0.717) is 12.4 Å². The third-order valence-corrected chi connectivity index (χ3v) is 3.01. The zero-order valence-corrected chi connectivity index (χ0v) is 10.6. The number of ether oxygens (including phenoxy) is 1. The third-order valence-electron chi connectivity index (χ3n) is 3.01. The van der Waals surface area contributed by atoms with Gasteiger partial charge in [-0.3, -0.25) is 4.79 Å². The van der Waals surface area contributed by atoms with Gasteiger partial charge >= 0.3 is 0 Å². The van der Waals surface area contributed by atoms with Gasteiger partial charge in [0.15, 0.2) is 0 Å². The molecule has 1 saturated heterocycles. The van der Waals surface area contributed by atoms with Crippen LogP contribution in [0.4, 0.5) is 0 Å². The molecule has 0 atom stereocenters. The maximum absolute atomic E-state index is 11.8. The monoisotopic (exact) mass is 247 g/mol. The summed E-state index contributed by atoms with van der Waals surface area (Å²) in [7, 11) is 1.58. The Bertz CT molecular complexity index is 460. The summed E-state index contributed by atoms with van der Waals surface area (Å²) in [6.45, 7) is 3.98. The lowest BCUT2D eigenvalue weighted by molar-refractivity contribution is -0.117. The van der Waals surface area contributed by atoms with Gasteiger partial charge in [-0.2, -0.15) is 0 Å². The van der Waals surface area contributed by atoms with E-state index in [1.54, 1.807) is 19.4 Å². The molecule has 0 unspecified atom stereocenters. The number of amides is 1. The van der Waals surface area contributed by atoms with Crippen LogP contribution in [0.2, 0.25) is 0 Å². The molecule has 0 aromatic carbocycles. The van der Waals surface area contributed by atoms with Gasteiger partial charge in [-0.1, -0.05) is 6.07 Å². The molecule has 96 valence electrons. The lowest BCUT2D eigenvalue weighted by atomic mass is 10.0. The minimum Gasteiger partial charge on any atom is -0.481 e. The Hall–Kier alpha value is -1.88. The van der Waals surface area contributed by atoms with Crippen LogP contribution < -0.4 is 15.4 Å². The normalized spacial score (nSPS) is 13.8. The van der Waals surface area contributed by atoms with Crippen molar-refractivity contribution in [2.45, 2.75) is 13.5 Å². The summed E-state index contributed by atoms with van der Waals surface area (Å²) in [6.07, 6.45) is 1.70. The van der Waals surface area contributed by atoms with E-state index in [4.69, 9.17) is 4.74 Å². The molecule has 1 amide bonds. The van der Waals surface area contributed by atoms with Crippen molar-refractivity contribution in [3.05, 3.63) is 35.0 Å². The molecule has 0 aliphatic carbocycles. The predicted molar refractivity (Wildman–Crippen MR) is 68.2 cm³/mol. The first-order valence-corrected chi connectivity index (χ1v) is 5.87. The number of nitrogens with zero attached hydrogens (tertiary/aromatic N) is 1. The van der Waals surface area contributed by atoms with Crippen molar-refractivity contribution in [2.24, 2.45) is 0 Å². The van der Waals surface area contributed by atoms with Crippen molar-refractivity contribution in [1.29, 1.82) is 0 Å². The molecule has 0 spiro atoms. The first-order valence-electron chi connectivity index (χ1n) is 5.87. The SMILES string of the molecule is COc1ccc(CNC(=O)C(C)=C2CNC2)cn1. The average molecular weight is 247 g/mol. The molecule has 1 aliphatic rings. The number of rotatable bonds is 4. The first-order chi connectivity index (χ1) is 8.70. The highest BCUT2D eigenvalue weighted by atomic mass is 16.5. The molecular weight excluding hydrogens is 230 g/mol. The highest BCUT2D eigenvalue weighted by molar-refractivity contribution is 5.93. The summed E-state index contributed by atoms with van der Waals surface area (Å²) in [5.41, 5.74) is 2.95. The fourth-order valence-corrected chi connectivity index (χ4v) is 1.63. The quantitative estimate of drug-likeness (QED) is 0.766. The highest BCUT2D eigenvalue weighted by Crippen LogP contribution is 2.10. The Balaban J connectivity index is 1.88. The number of aromatic nitrogens is 1. The third kappa shape index (κ3) is 2.87. The number of carbonyl (C=O) groups excluding carboxylic acids is 1. The van der Waals surface area contributed by atoms with Crippen molar-refractivity contribution in [1.82, 2.24) is 15.6 Å². The van der Waals surface area contributed by atoms with E-state index < -0.39 is 0 Å². The summed E-state index contributed by atoms with van der Waals surface area (Å²) in [6, 6.07) is 3.67. The maximum atomic E-state index is 11.8. The molecule has 1 aromatic rings. The molecule has 18 heavy (non-hydrogen) atoms. The predicted octanol–water partition coefficient (Wildman–Crippen LogP) is 0.626. The van der Waals surface area contributed by atoms with Crippen molar-refractivity contribution in [2.75, 3.05) is 20.2 Å². The van der Waals surface area contributed by atoms with Crippen LogP contribution in [-0.2, 0) is 11.3 Å². The molecule has 2 heterocycles. The smallest absolute Gasteiger partial charge is 0.247 e. The van der Waals surface area contributed by atoms with Crippen LogP contribution in [0.1, 0.15) is 12.5 Å². The lowest BCUT2D eigenvalue weighted by Gasteiger charge is -2.21. The van der Waals surface area contributed by atoms with E-state index in [-0.39, 0.29) is 5.91 Å². The molecule has 5 nitrogen and oxygen atoms in total. The number of carbonyl (C=O) groups is 1. The molecule has 0 bridgehead atoms. The van der Waals surface area contributed by atoms with Crippen LogP contribution in [0.15, 0.2) is 29.5 Å². The van der Waals surface area contributed by atoms with Gasteiger partial charge in [0.1, 0.15) is 0 Å². The Morgan fingerprint density at radius 2 is 2.28 bits per heavy atom. The zero-order valence-electron chi connectivity index (χ0n) is 10.6. The second-order valence-electron chi connectivity index (χ2n) is 4.22. The van der Waals surface area contributed by atoms with Gasteiger partial charge < -0.3 is 15.4 Å². The van der Waals surface area contributed by atoms with Gasteiger partial charge in [0.2, 0.25) is 11.8 Å². The van der Waals surface area contributed by atoms with Gasteiger partial charge in [0.05, 0.1) is 7.11 Å². The number of pyridine rings is 1. The molecule has 2 rings (SSSR count). The number of hydrogen-bond donors (Lipinski definition) is 2. The summed E-state index contributed by atoms with van der Waals surface area (Å²) < 4.78 is 4.97. The molecule has 0 saturated carbocycles. The highest BCUT2D eigenvalue weighted by Gasteiger charge is 2.15.